The minimum Gasteiger partial charge on any atom is -0.480 e. The third-order valence-corrected chi connectivity index (χ3v) is 2.92. The number of carboxylic acid groups (broad SMARTS) is 1. The van der Waals surface area contributed by atoms with E-state index in [-0.39, 0.29) is 18.4 Å². The van der Waals surface area contributed by atoms with Gasteiger partial charge in [-0.2, -0.15) is 0 Å². The van der Waals surface area contributed by atoms with E-state index in [0.29, 0.717) is 12.0 Å². The molecule has 2 saturated heterocycles. The number of fused-ring (bicyclic) bond motifs is 3. The van der Waals surface area contributed by atoms with E-state index >= 15 is 0 Å². The van der Waals surface area contributed by atoms with E-state index in [1.165, 1.54) is 12.8 Å². The summed E-state index contributed by atoms with van der Waals surface area (Å²) in [6.45, 7) is 0. The first-order chi connectivity index (χ1) is 5.27. The van der Waals surface area contributed by atoms with Crippen LogP contribution in [0.15, 0.2) is 0 Å². The molecule has 2 aliphatic heterocycles. The fraction of sp³-hybridized carbons (Fsp3) is 0.875. The summed E-state index contributed by atoms with van der Waals surface area (Å²) in [5, 5.41) is 12.0. The van der Waals surface area contributed by atoms with E-state index < -0.39 is 5.97 Å². The first kappa shape index (κ1) is 9.81. The Bertz CT molecular complexity index is 178. The van der Waals surface area contributed by atoms with Crippen LogP contribution in [0.4, 0.5) is 0 Å². The molecule has 3 fully saturated rings. The molecule has 0 spiro atoms. The highest BCUT2D eigenvalue weighted by Gasteiger charge is 2.38. The second-order valence-electron chi connectivity index (χ2n) is 3.59. The SMILES string of the molecule is Cl.O=C(O)[C@H]1NC2CCC1CC2. The second kappa shape index (κ2) is 3.62. The van der Waals surface area contributed by atoms with Gasteiger partial charge < -0.3 is 10.4 Å². The molecule has 1 atom stereocenters. The van der Waals surface area contributed by atoms with E-state index in [9.17, 15) is 4.79 Å². The highest BCUT2D eigenvalue weighted by Crippen LogP contribution is 2.32. The van der Waals surface area contributed by atoms with Crippen molar-refractivity contribution in [3.05, 3.63) is 0 Å². The van der Waals surface area contributed by atoms with Crippen molar-refractivity contribution in [2.75, 3.05) is 0 Å². The van der Waals surface area contributed by atoms with E-state index in [0.717, 1.165) is 12.8 Å². The lowest BCUT2D eigenvalue weighted by atomic mass is 9.76. The highest BCUT2D eigenvalue weighted by atomic mass is 35.5. The van der Waals surface area contributed by atoms with Crippen LogP contribution in [-0.4, -0.2) is 23.2 Å². The molecule has 0 radical (unpaired) electrons. The van der Waals surface area contributed by atoms with Crippen molar-refractivity contribution in [1.82, 2.24) is 5.32 Å². The van der Waals surface area contributed by atoms with Crippen LogP contribution in [0.1, 0.15) is 25.7 Å². The van der Waals surface area contributed by atoms with E-state index in [1.807, 2.05) is 0 Å². The van der Waals surface area contributed by atoms with E-state index in [1.54, 1.807) is 0 Å². The molecule has 2 heterocycles. The predicted octanol–water partition coefficient (Wildman–Crippen LogP) is 1.02. The zero-order valence-electron chi connectivity index (χ0n) is 6.82. The first-order valence-corrected chi connectivity index (χ1v) is 4.26. The average Bonchev–Trinajstić information content (AvgIpc) is 2.06. The molecular weight excluding hydrogens is 178 g/mol. The molecule has 0 aromatic carbocycles. The summed E-state index contributed by atoms with van der Waals surface area (Å²) < 4.78 is 0. The third kappa shape index (κ3) is 1.57. The van der Waals surface area contributed by atoms with E-state index in [2.05, 4.69) is 5.32 Å². The molecule has 0 aromatic heterocycles. The van der Waals surface area contributed by atoms with Crippen LogP contribution in [-0.2, 0) is 4.79 Å². The number of aliphatic carboxylic acids is 1. The van der Waals surface area contributed by atoms with Gasteiger partial charge in [0.15, 0.2) is 0 Å². The molecule has 2 N–H and O–H groups in total. The summed E-state index contributed by atoms with van der Waals surface area (Å²) in [7, 11) is 0. The molecule has 0 unspecified atom stereocenters. The number of rotatable bonds is 1. The topological polar surface area (TPSA) is 49.3 Å². The van der Waals surface area contributed by atoms with Crippen molar-refractivity contribution in [3.8, 4) is 0 Å². The maximum Gasteiger partial charge on any atom is 0.320 e. The Kier molecular flexibility index (Phi) is 2.96. The number of hydrogen-bond acceptors (Lipinski definition) is 2. The van der Waals surface area contributed by atoms with Crippen LogP contribution in [0.3, 0.4) is 0 Å². The summed E-state index contributed by atoms with van der Waals surface area (Å²) in [6, 6.07) is 0.239. The summed E-state index contributed by atoms with van der Waals surface area (Å²) in [5.41, 5.74) is 0. The van der Waals surface area contributed by atoms with E-state index in [4.69, 9.17) is 5.11 Å². The van der Waals surface area contributed by atoms with Gasteiger partial charge in [-0.15, -0.1) is 12.4 Å². The van der Waals surface area contributed by atoms with Crippen molar-refractivity contribution in [2.24, 2.45) is 5.92 Å². The molecule has 3 rings (SSSR count). The Morgan fingerprint density at radius 1 is 1.25 bits per heavy atom. The van der Waals surface area contributed by atoms with Gasteiger partial charge in [-0.25, -0.2) is 0 Å². The molecule has 70 valence electrons. The summed E-state index contributed by atoms with van der Waals surface area (Å²) in [6.07, 6.45) is 4.56. The minimum atomic E-state index is -0.667. The van der Waals surface area contributed by atoms with Crippen LogP contribution in [0.25, 0.3) is 0 Å². The Labute approximate surface area is 77.9 Å². The molecule has 0 amide bonds. The smallest absolute Gasteiger partial charge is 0.320 e. The van der Waals surface area contributed by atoms with Gasteiger partial charge in [0.1, 0.15) is 6.04 Å². The van der Waals surface area contributed by atoms with Gasteiger partial charge in [-0.3, -0.25) is 4.79 Å². The monoisotopic (exact) mass is 191 g/mol. The van der Waals surface area contributed by atoms with Gasteiger partial charge in [0, 0.05) is 6.04 Å². The largest absolute Gasteiger partial charge is 0.480 e. The van der Waals surface area contributed by atoms with Crippen LogP contribution in [0.2, 0.25) is 0 Å². The van der Waals surface area contributed by atoms with Crippen LogP contribution in [0.5, 0.6) is 0 Å². The minimum absolute atomic E-state index is 0. The molecule has 4 heteroatoms. The van der Waals surface area contributed by atoms with Gasteiger partial charge in [0.2, 0.25) is 0 Å². The van der Waals surface area contributed by atoms with Crippen LogP contribution < -0.4 is 5.32 Å². The summed E-state index contributed by atoms with van der Waals surface area (Å²) >= 11 is 0. The molecule has 12 heavy (non-hydrogen) atoms. The molecule has 2 bridgehead atoms. The predicted molar refractivity (Wildman–Crippen MR) is 47.6 cm³/mol. The van der Waals surface area contributed by atoms with Crippen molar-refractivity contribution in [2.45, 2.75) is 37.8 Å². The normalized spacial score (nSPS) is 38.8. The van der Waals surface area contributed by atoms with Gasteiger partial charge in [-0.05, 0) is 31.6 Å². The fourth-order valence-corrected chi connectivity index (χ4v) is 2.28. The zero-order chi connectivity index (χ0) is 7.84. The quantitative estimate of drug-likeness (QED) is 0.651. The van der Waals surface area contributed by atoms with Crippen molar-refractivity contribution >= 4 is 18.4 Å². The summed E-state index contributed by atoms with van der Waals surface area (Å²) in [4.78, 5) is 10.7. The number of piperidine rings is 2. The van der Waals surface area contributed by atoms with Crippen LogP contribution >= 0.6 is 12.4 Å². The lowest BCUT2D eigenvalue weighted by Crippen LogP contribution is -2.55. The Balaban J connectivity index is 0.000000720. The second-order valence-corrected chi connectivity index (χ2v) is 3.59. The lowest BCUT2D eigenvalue weighted by molar-refractivity contribution is -0.143. The number of carbonyl (C=O) groups is 1. The first-order valence-electron chi connectivity index (χ1n) is 4.26. The van der Waals surface area contributed by atoms with Crippen molar-refractivity contribution in [3.63, 3.8) is 0 Å². The number of halogens is 1. The zero-order valence-corrected chi connectivity index (χ0v) is 7.64. The van der Waals surface area contributed by atoms with Crippen LogP contribution in [0, 0.1) is 5.92 Å². The number of hydrogen-bond donors (Lipinski definition) is 2. The number of nitrogens with one attached hydrogen (secondary N) is 1. The van der Waals surface area contributed by atoms with Gasteiger partial charge in [-0.1, -0.05) is 0 Å². The summed E-state index contributed by atoms with van der Waals surface area (Å²) in [5.74, 6) is -0.267. The Morgan fingerprint density at radius 2 is 1.83 bits per heavy atom. The molecule has 3 nitrogen and oxygen atoms in total. The lowest BCUT2D eigenvalue weighted by Gasteiger charge is -2.41. The number of carboxylic acids is 1. The highest BCUT2D eigenvalue weighted by molar-refractivity contribution is 5.85. The van der Waals surface area contributed by atoms with Gasteiger partial charge in [0.05, 0.1) is 0 Å². The van der Waals surface area contributed by atoms with Gasteiger partial charge >= 0.3 is 5.97 Å². The molecular formula is C8H14ClNO2. The maximum atomic E-state index is 10.7. The van der Waals surface area contributed by atoms with Crippen molar-refractivity contribution in [1.29, 1.82) is 0 Å². The molecule has 0 aromatic rings. The maximum absolute atomic E-state index is 10.7. The average molecular weight is 192 g/mol. The standard InChI is InChI=1S/C8H13NO2.ClH/c10-8(11)7-5-1-3-6(9-7)4-2-5;/h5-7,9H,1-4H2,(H,10,11);1H/t5?,6?,7-;/m0./s1. The third-order valence-electron chi connectivity index (χ3n) is 2.92. The van der Waals surface area contributed by atoms with Gasteiger partial charge in [0.25, 0.3) is 0 Å². The molecule has 3 aliphatic rings. The Hall–Kier alpha value is -0.280. The Morgan fingerprint density at radius 3 is 2.08 bits per heavy atom. The van der Waals surface area contributed by atoms with Crippen molar-refractivity contribution < 1.29 is 9.90 Å². The molecule has 1 aliphatic carbocycles. The fourth-order valence-electron chi connectivity index (χ4n) is 2.28. The molecule has 1 saturated carbocycles.